The minimum absolute atomic E-state index is 0.0951. The summed E-state index contributed by atoms with van der Waals surface area (Å²) < 4.78 is 17.7. The van der Waals surface area contributed by atoms with Crippen molar-refractivity contribution in [2.45, 2.75) is 74.4 Å². The first-order valence-corrected chi connectivity index (χ1v) is 31.8. The summed E-state index contributed by atoms with van der Waals surface area (Å²) in [6.07, 6.45) is 8.04. The molecule has 9 aliphatic heterocycles. The average molecular weight is 1200 g/mol. The van der Waals surface area contributed by atoms with E-state index in [1.807, 2.05) is 79.0 Å². The Morgan fingerprint density at radius 2 is 0.909 bits per heavy atom. The monoisotopic (exact) mass is 1200 g/mol. The highest BCUT2D eigenvalue weighted by Crippen LogP contribution is 2.52. The SMILES string of the molecule is N#Cc1ccc(OCCCN2CC[C@H]3[C@@H](C2)c2cccc4c2N3CC(=O)N4)cc1.O=C1CN2c3c(cccc3[C@@H]3CN(CCCOc4ccc(Cl)cc4)CC[C@@H]32)N1.O=C1CN2c3c(cccc3[C@@H]3CN(CCCOc4cccc5cccnc45)CC[C@@H]32)N1. The van der Waals surface area contributed by atoms with Crippen molar-refractivity contribution in [2.24, 2.45) is 0 Å². The van der Waals surface area contributed by atoms with Crippen LogP contribution in [0.1, 0.15) is 78.5 Å². The Morgan fingerprint density at radius 3 is 1.35 bits per heavy atom. The molecule has 16 rings (SSSR count). The van der Waals surface area contributed by atoms with Gasteiger partial charge in [-0.05, 0) is 134 Å². The van der Waals surface area contributed by atoms with Crippen molar-refractivity contribution < 1.29 is 28.6 Å². The number of benzene rings is 6. The molecule has 3 N–H and O–H groups in total. The molecule has 0 spiro atoms. The van der Waals surface area contributed by atoms with E-state index < -0.39 is 0 Å². The van der Waals surface area contributed by atoms with Crippen LogP contribution in [0.4, 0.5) is 34.1 Å². The van der Waals surface area contributed by atoms with E-state index in [9.17, 15) is 14.4 Å². The van der Waals surface area contributed by atoms with E-state index in [2.05, 4.69) is 105 Å². The highest BCUT2D eigenvalue weighted by atomic mass is 35.5. The maximum Gasteiger partial charge on any atom is 0.243 e. The third-order valence-electron chi connectivity index (χ3n) is 19.3. The lowest BCUT2D eigenvalue weighted by molar-refractivity contribution is -0.116. The molecule has 1 aromatic heterocycles. The quantitative estimate of drug-likeness (QED) is 0.0829. The molecule has 10 heterocycles. The summed E-state index contributed by atoms with van der Waals surface area (Å²) in [4.78, 5) is 55.4. The fraction of sp³-hybridized carbons (Fsp3) is 0.386. The first-order chi connectivity index (χ1) is 43.2. The van der Waals surface area contributed by atoms with Crippen molar-refractivity contribution in [1.82, 2.24) is 19.7 Å². The van der Waals surface area contributed by atoms with Gasteiger partial charge in [-0.15, -0.1) is 0 Å². The Balaban J connectivity index is 0.000000116. The van der Waals surface area contributed by atoms with Crippen molar-refractivity contribution in [1.29, 1.82) is 5.26 Å². The number of para-hydroxylation sites is 4. The summed E-state index contributed by atoms with van der Waals surface area (Å²) >= 11 is 5.91. The number of hydrogen-bond acceptors (Lipinski definition) is 14. The Hall–Kier alpha value is -8.40. The second-order valence-corrected chi connectivity index (χ2v) is 25.0. The normalized spacial score (nSPS) is 22.6. The molecule has 0 bridgehead atoms. The molecule has 17 nitrogen and oxygen atoms in total. The summed E-state index contributed by atoms with van der Waals surface area (Å²) in [5, 5.41) is 19.8. The van der Waals surface area contributed by atoms with Gasteiger partial charge in [0, 0.05) is 111 Å². The molecule has 0 aliphatic carbocycles. The Labute approximate surface area is 519 Å². The minimum atomic E-state index is 0.0951. The molecule has 3 amide bonds. The predicted molar refractivity (Wildman–Crippen MR) is 345 cm³/mol. The molecule has 3 saturated heterocycles. The number of piperidine rings is 3. The molecule has 6 atom stereocenters. The second-order valence-electron chi connectivity index (χ2n) is 24.6. The number of nitrogens with zero attached hydrogens (tertiary/aromatic N) is 8. The predicted octanol–water partition coefficient (Wildman–Crippen LogP) is 10.3. The van der Waals surface area contributed by atoms with Crippen LogP contribution in [0.2, 0.25) is 5.02 Å². The maximum absolute atomic E-state index is 12.1. The lowest BCUT2D eigenvalue weighted by Gasteiger charge is -2.39. The molecular formula is C70H74ClN11O6. The smallest absolute Gasteiger partial charge is 0.243 e. The summed E-state index contributed by atoms with van der Waals surface area (Å²) in [6.45, 7) is 12.9. The van der Waals surface area contributed by atoms with Gasteiger partial charge in [0.05, 0.1) is 85.2 Å². The molecule has 0 unspecified atom stereocenters. The number of carbonyl (C=O) groups excluding carboxylic acids is 3. The zero-order chi connectivity index (χ0) is 59.7. The third kappa shape index (κ3) is 11.8. The molecule has 3 fully saturated rings. The average Bonchev–Trinajstić information content (AvgIpc) is 1.87. The van der Waals surface area contributed by atoms with Gasteiger partial charge in [-0.3, -0.25) is 19.4 Å². The van der Waals surface area contributed by atoms with Crippen molar-refractivity contribution in [3.8, 4) is 23.3 Å². The van der Waals surface area contributed by atoms with E-state index in [1.165, 1.54) is 33.8 Å². The van der Waals surface area contributed by atoms with E-state index in [0.29, 0.717) is 80.9 Å². The van der Waals surface area contributed by atoms with Gasteiger partial charge >= 0.3 is 0 Å². The van der Waals surface area contributed by atoms with E-state index in [0.717, 1.165) is 148 Å². The zero-order valence-corrected chi connectivity index (χ0v) is 50.3. The van der Waals surface area contributed by atoms with Crippen molar-refractivity contribution in [2.75, 3.05) is 129 Å². The second kappa shape index (κ2) is 25.4. The number of ether oxygens (including phenoxy) is 3. The molecule has 9 aliphatic rings. The van der Waals surface area contributed by atoms with Crippen molar-refractivity contribution in [3.05, 3.63) is 167 Å². The van der Waals surface area contributed by atoms with Crippen LogP contribution >= 0.6 is 11.6 Å². The number of aromatic nitrogens is 1. The fourth-order valence-corrected chi connectivity index (χ4v) is 15.5. The zero-order valence-electron chi connectivity index (χ0n) is 49.5. The number of fused-ring (bicyclic) bond motifs is 10. The number of halogens is 1. The first-order valence-electron chi connectivity index (χ1n) is 31.4. The largest absolute Gasteiger partial charge is 0.494 e. The van der Waals surface area contributed by atoms with Gasteiger partial charge in [0.2, 0.25) is 17.7 Å². The minimum Gasteiger partial charge on any atom is -0.494 e. The Kier molecular flexibility index (Phi) is 16.5. The van der Waals surface area contributed by atoms with E-state index in [4.69, 9.17) is 31.1 Å². The molecule has 0 saturated carbocycles. The molecule has 6 aromatic carbocycles. The van der Waals surface area contributed by atoms with Crippen LogP contribution in [0.5, 0.6) is 17.2 Å². The van der Waals surface area contributed by atoms with Crippen molar-refractivity contribution >= 4 is 74.3 Å². The molecule has 7 aromatic rings. The van der Waals surface area contributed by atoms with Crippen LogP contribution in [0.15, 0.2) is 140 Å². The van der Waals surface area contributed by atoms with E-state index >= 15 is 0 Å². The standard InChI is InChI=1S/C25H26N4O2.C23H24N4O2.C22H24ClN3O2/c30-23-16-29-21-10-13-28(15-19(21)18-7-2-8-20(27-23)25(18)29)12-4-14-31-22-9-1-5-17-6-3-11-26-24(17)22;24-13-16-5-7-17(8-6-16)29-12-2-10-26-11-9-21-19(14-26)18-3-1-4-20-23(18)27(21)15-22(28)25-20;23-15-5-7-16(8-6-15)28-12-2-10-25-11-9-20-18(13-25)17-3-1-4-19-22(17)26(20)14-21(27)24-19/h1-3,5-9,11,19,21H,4,10,12-16H2,(H,27,30);1,3-8,19,21H,2,9-12,14-15H2,(H,25,28);1,3-8,18,20H,2,9-14H2,(H,24,27)/t2*19-,21-;18-,20-/m000/s1. The molecule has 0 radical (unpaired) electrons. The summed E-state index contributed by atoms with van der Waals surface area (Å²) in [5.41, 5.74) is 12.4. The van der Waals surface area contributed by atoms with Crippen LogP contribution in [0.25, 0.3) is 10.9 Å². The first kappa shape index (κ1) is 57.4. The van der Waals surface area contributed by atoms with Crippen LogP contribution in [-0.4, -0.2) is 154 Å². The molecule has 452 valence electrons. The van der Waals surface area contributed by atoms with Gasteiger partial charge in [-0.25, -0.2) is 0 Å². The van der Waals surface area contributed by atoms with E-state index in [1.54, 1.807) is 12.1 Å². The number of nitriles is 1. The molecular weight excluding hydrogens is 1130 g/mol. The number of pyridine rings is 1. The van der Waals surface area contributed by atoms with Gasteiger partial charge in [-0.2, -0.15) is 5.26 Å². The number of amides is 3. The third-order valence-corrected chi connectivity index (χ3v) is 19.5. The highest BCUT2D eigenvalue weighted by Gasteiger charge is 2.48. The van der Waals surface area contributed by atoms with Crippen LogP contribution in [-0.2, 0) is 14.4 Å². The van der Waals surface area contributed by atoms with Gasteiger partial charge in [0.25, 0.3) is 0 Å². The van der Waals surface area contributed by atoms with Crippen LogP contribution < -0.4 is 44.9 Å². The fourth-order valence-electron chi connectivity index (χ4n) is 15.4. The number of likely N-dealkylation sites (tertiary alicyclic amines) is 3. The summed E-state index contributed by atoms with van der Waals surface area (Å²) in [5.74, 6) is 4.26. The highest BCUT2D eigenvalue weighted by molar-refractivity contribution is 6.30. The topological polar surface area (TPSA) is 171 Å². The molecule has 88 heavy (non-hydrogen) atoms. The Bertz CT molecular complexity index is 3760. The van der Waals surface area contributed by atoms with Crippen LogP contribution in [0, 0.1) is 11.3 Å². The Morgan fingerprint density at radius 1 is 0.500 bits per heavy atom. The maximum atomic E-state index is 12.1. The lowest BCUT2D eigenvalue weighted by atomic mass is 9.89. The number of hydrogen-bond donors (Lipinski definition) is 3. The van der Waals surface area contributed by atoms with E-state index in [-0.39, 0.29) is 17.7 Å². The summed E-state index contributed by atoms with van der Waals surface area (Å²) in [7, 11) is 0. The van der Waals surface area contributed by atoms with Gasteiger partial charge in [0.1, 0.15) is 22.8 Å². The van der Waals surface area contributed by atoms with Crippen LogP contribution in [0.3, 0.4) is 0 Å². The lowest BCUT2D eigenvalue weighted by Crippen LogP contribution is -2.49. The number of carbonyl (C=O) groups is 3. The number of rotatable bonds is 15. The van der Waals surface area contributed by atoms with Gasteiger partial charge in [0.15, 0.2) is 0 Å². The molecule has 18 heteroatoms. The number of anilines is 6. The van der Waals surface area contributed by atoms with Crippen molar-refractivity contribution in [3.63, 3.8) is 0 Å². The van der Waals surface area contributed by atoms with Gasteiger partial charge in [-0.1, -0.05) is 66.2 Å². The van der Waals surface area contributed by atoms with Gasteiger partial charge < -0.3 is 59.6 Å². The summed E-state index contributed by atoms with van der Waals surface area (Å²) in [6, 6.07) is 47.3. The number of nitrogens with one attached hydrogen (secondary N) is 3.